The third-order valence-corrected chi connectivity index (χ3v) is 6.46. The number of amides is 1. The minimum Gasteiger partial charge on any atom is -0.372 e. The molecule has 0 aliphatic carbocycles. The Hall–Kier alpha value is -0.430. The summed E-state index contributed by atoms with van der Waals surface area (Å²) < 4.78 is 6.70. The maximum atomic E-state index is 13.0. The Morgan fingerprint density at radius 3 is 2.62 bits per heavy atom. The van der Waals surface area contributed by atoms with Gasteiger partial charge in [0.1, 0.15) is 4.32 Å². The van der Waals surface area contributed by atoms with Crippen LogP contribution in [-0.4, -0.2) is 38.4 Å². The first-order valence-electron chi connectivity index (χ1n) is 8.17. The summed E-state index contributed by atoms with van der Waals surface area (Å²) in [5, 5.41) is 0.618. The number of hydrogen-bond donors (Lipinski definition) is 0. The standard InChI is InChI=1S/C18H24BrNO2S2/c1-12(2)15-11-24-18(23)20(15)17(21)13(3)16(9-19)22-10-14-7-5-4-6-8-14/h4-8,12-13,15-16H,9-11H2,1-3H3/t13-,15-,16-/m0/s1. The van der Waals surface area contributed by atoms with Gasteiger partial charge in [0, 0.05) is 17.1 Å². The number of nitrogens with zero attached hydrogens (tertiary/aromatic N) is 1. The molecule has 1 fully saturated rings. The topological polar surface area (TPSA) is 29.5 Å². The van der Waals surface area contributed by atoms with Crippen molar-refractivity contribution in [2.45, 2.75) is 39.5 Å². The fourth-order valence-electron chi connectivity index (χ4n) is 2.66. The van der Waals surface area contributed by atoms with Crippen LogP contribution in [0.25, 0.3) is 0 Å². The van der Waals surface area contributed by atoms with E-state index >= 15 is 0 Å². The molecule has 1 amide bonds. The number of alkyl halides is 1. The molecule has 0 bridgehead atoms. The van der Waals surface area contributed by atoms with Gasteiger partial charge in [0.2, 0.25) is 5.91 Å². The molecule has 0 N–H and O–H groups in total. The lowest BCUT2D eigenvalue weighted by Gasteiger charge is -2.31. The lowest BCUT2D eigenvalue weighted by molar-refractivity contribution is -0.137. The van der Waals surface area contributed by atoms with Gasteiger partial charge in [0.05, 0.1) is 18.6 Å². The average Bonchev–Trinajstić information content (AvgIpc) is 2.97. The van der Waals surface area contributed by atoms with Crippen molar-refractivity contribution in [1.82, 2.24) is 4.90 Å². The van der Waals surface area contributed by atoms with Crippen LogP contribution in [-0.2, 0) is 16.1 Å². The molecular weight excluding hydrogens is 406 g/mol. The number of carbonyl (C=O) groups is 1. The quantitative estimate of drug-likeness (QED) is 0.471. The zero-order valence-corrected chi connectivity index (χ0v) is 17.5. The summed E-state index contributed by atoms with van der Waals surface area (Å²) in [6.07, 6.45) is -0.182. The van der Waals surface area contributed by atoms with Crippen molar-refractivity contribution >= 4 is 50.1 Å². The summed E-state index contributed by atoms with van der Waals surface area (Å²) in [5.41, 5.74) is 1.11. The lowest BCUT2D eigenvalue weighted by atomic mass is 10.00. The second kappa shape index (κ2) is 9.32. The van der Waals surface area contributed by atoms with Crippen LogP contribution < -0.4 is 0 Å². The van der Waals surface area contributed by atoms with Gasteiger partial charge < -0.3 is 4.74 Å². The molecular formula is C18H24BrNO2S2. The van der Waals surface area contributed by atoms with Crippen LogP contribution in [0.2, 0.25) is 0 Å². The predicted octanol–water partition coefficient (Wildman–Crippen LogP) is 4.49. The fraction of sp³-hybridized carbons (Fsp3) is 0.556. The van der Waals surface area contributed by atoms with Gasteiger partial charge in [-0.25, -0.2) is 0 Å². The first-order valence-corrected chi connectivity index (χ1v) is 10.7. The van der Waals surface area contributed by atoms with Gasteiger partial charge in [-0.15, -0.1) is 0 Å². The molecule has 2 rings (SSSR count). The number of thiocarbonyl (C=S) groups is 1. The zero-order valence-electron chi connectivity index (χ0n) is 14.3. The third-order valence-electron chi connectivity index (χ3n) is 4.32. The second-order valence-corrected chi connectivity index (χ2v) is 8.68. The fourth-order valence-corrected chi connectivity index (χ4v) is 5.05. The highest BCUT2D eigenvalue weighted by atomic mass is 79.9. The van der Waals surface area contributed by atoms with Gasteiger partial charge in [0.15, 0.2) is 0 Å². The van der Waals surface area contributed by atoms with Gasteiger partial charge in [0.25, 0.3) is 0 Å². The zero-order chi connectivity index (χ0) is 17.7. The Labute approximate surface area is 162 Å². The minimum absolute atomic E-state index is 0.0706. The molecule has 132 valence electrons. The van der Waals surface area contributed by atoms with Gasteiger partial charge in [-0.1, -0.05) is 91.0 Å². The van der Waals surface area contributed by atoms with Crippen molar-refractivity contribution in [1.29, 1.82) is 0 Å². The Bertz CT molecular complexity index is 567. The molecule has 6 heteroatoms. The molecule has 1 aromatic rings. The van der Waals surface area contributed by atoms with Gasteiger partial charge in [-0.3, -0.25) is 9.69 Å². The summed E-state index contributed by atoms with van der Waals surface area (Å²) in [6, 6.07) is 10.2. The van der Waals surface area contributed by atoms with Crippen molar-refractivity contribution in [3.8, 4) is 0 Å². The smallest absolute Gasteiger partial charge is 0.233 e. The Kier molecular flexibility index (Phi) is 7.72. The average molecular weight is 430 g/mol. The minimum atomic E-state index is -0.244. The molecule has 0 unspecified atom stereocenters. The van der Waals surface area contributed by atoms with Gasteiger partial charge >= 0.3 is 0 Å². The van der Waals surface area contributed by atoms with Crippen molar-refractivity contribution in [2.75, 3.05) is 11.1 Å². The number of hydrogen-bond acceptors (Lipinski definition) is 4. The maximum absolute atomic E-state index is 13.0. The Morgan fingerprint density at radius 1 is 1.38 bits per heavy atom. The molecule has 0 radical (unpaired) electrons. The molecule has 24 heavy (non-hydrogen) atoms. The van der Waals surface area contributed by atoms with Crippen molar-refractivity contribution < 1.29 is 9.53 Å². The number of benzene rings is 1. The summed E-state index contributed by atoms with van der Waals surface area (Å²) in [6.45, 7) is 6.71. The second-order valence-electron chi connectivity index (χ2n) is 6.37. The monoisotopic (exact) mass is 429 g/mol. The van der Waals surface area contributed by atoms with Crippen LogP contribution in [0.15, 0.2) is 30.3 Å². The highest BCUT2D eigenvalue weighted by Crippen LogP contribution is 2.31. The summed E-state index contributed by atoms with van der Waals surface area (Å²) in [5.74, 6) is 1.10. The van der Waals surface area contributed by atoms with Crippen molar-refractivity contribution in [3.63, 3.8) is 0 Å². The van der Waals surface area contributed by atoms with E-state index in [2.05, 4.69) is 29.8 Å². The maximum Gasteiger partial charge on any atom is 0.233 e. The molecule has 3 nitrogen and oxygen atoms in total. The van der Waals surface area contributed by atoms with E-state index in [-0.39, 0.29) is 24.0 Å². The van der Waals surface area contributed by atoms with E-state index in [1.807, 2.05) is 42.2 Å². The van der Waals surface area contributed by atoms with Crippen LogP contribution in [0.5, 0.6) is 0 Å². The molecule has 3 atom stereocenters. The molecule has 1 heterocycles. The summed E-state index contributed by atoms with van der Waals surface area (Å²) in [7, 11) is 0. The largest absolute Gasteiger partial charge is 0.372 e. The van der Waals surface area contributed by atoms with E-state index in [9.17, 15) is 4.79 Å². The van der Waals surface area contributed by atoms with E-state index in [0.717, 1.165) is 11.3 Å². The van der Waals surface area contributed by atoms with Crippen LogP contribution in [0.3, 0.4) is 0 Å². The molecule has 0 spiro atoms. The van der Waals surface area contributed by atoms with Crippen molar-refractivity contribution in [2.24, 2.45) is 11.8 Å². The summed E-state index contributed by atoms with van der Waals surface area (Å²) in [4.78, 5) is 14.8. The van der Waals surface area contributed by atoms with Gasteiger partial charge in [-0.05, 0) is 11.5 Å². The first kappa shape index (κ1) is 19.9. The van der Waals surface area contributed by atoms with E-state index in [4.69, 9.17) is 17.0 Å². The predicted molar refractivity (Wildman–Crippen MR) is 109 cm³/mol. The van der Waals surface area contributed by atoms with Crippen LogP contribution in [0, 0.1) is 11.8 Å². The Balaban J connectivity index is 2.02. The lowest BCUT2D eigenvalue weighted by Crippen LogP contribution is -2.47. The van der Waals surface area contributed by atoms with Crippen LogP contribution in [0.1, 0.15) is 26.3 Å². The highest BCUT2D eigenvalue weighted by Gasteiger charge is 2.39. The SMILES string of the molecule is CC(C)[C@@H]1CSC(=S)N1C(=O)[C@@H](C)[C@H](CBr)OCc1ccccc1. The van der Waals surface area contributed by atoms with Crippen molar-refractivity contribution in [3.05, 3.63) is 35.9 Å². The van der Waals surface area contributed by atoms with E-state index in [1.165, 1.54) is 0 Å². The third kappa shape index (κ3) is 4.81. The number of rotatable bonds is 7. The normalized spacial score (nSPS) is 20.5. The number of ether oxygens (including phenoxy) is 1. The van der Waals surface area contributed by atoms with E-state index < -0.39 is 0 Å². The van der Waals surface area contributed by atoms with E-state index in [0.29, 0.717) is 22.2 Å². The molecule has 1 aliphatic heterocycles. The Morgan fingerprint density at radius 2 is 2.04 bits per heavy atom. The molecule has 1 saturated heterocycles. The summed E-state index contributed by atoms with van der Waals surface area (Å²) >= 11 is 10.5. The highest BCUT2D eigenvalue weighted by molar-refractivity contribution is 9.09. The first-order chi connectivity index (χ1) is 11.5. The molecule has 1 aromatic carbocycles. The molecule has 1 aliphatic rings. The van der Waals surface area contributed by atoms with Crippen LogP contribution in [0.4, 0.5) is 0 Å². The van der Waals surface area contributed by atoms with Gasteiger partial charge in [-0.2, -0.15) is 0 Å². The van der Waals surface area contributed by atoms with Crippen LogP contribution >= 0.6 is 39.9 Å². The number of carbonyl (C=O) groups excluding carboxylic acids is 1. The number of thioether (sulfide) groups is 1. The van der Waals surface area contributed by atoms with E-state index in [1.54, 1.807) is 11.8 Å². The molecule has 0 saturated carbocycles. The molecule has 0 aromatic heterocycles. The number of halogens is 1.